The van der Waals surface area contributed by atoms with E-state index in [1.807, 2.05) is 23.6 Å². The minimum absolute atomic E-state index is 0.106. The van der Waals surface area contributed by atoms with Crippen LogP contribution in [0.5, 0.6) is 0 Å². The molecule has 0 unspecified atom stereocenters. The summed E-state index contributed by atoms with van der Waals surface area (Å²) in [6, 6.07) is 10.5. The van der Waals surface area contributed by atoms with Gasteiger partial charge in [0.1, 0.15) is 10.7 Å². The van der Waals surface area contributed by atoms with E-state index in [0.717, 1.165) is 79.4 Å². The molecule has 3 aliphatic rings. The van der Waals surface area contributed by atoms with E-state index in [2.05, 4.69) is 26.1 Å². The fourth-order valence-electron chi connectivity index (χ4n) is 6.24. The Bertz CT molecular complexity index is 1410. The highest BCUT2D eigenvalue weighted by Gasteiger charge is 2.29. The van der Waals surface area contributed by atoms with Crippen LogP contribution in [-0.4, -0.2) is 61.1 Å². The fourth-order valence-corrected chi connectivity index (χ4v) is 8.69. The van der Waals surface area contributed by atoms with Gasteiger partial charge in [-0.15, -0.1) is 11.3 Å². The number of nitrogens with zero attached hydrogens (tertiary/aromatic N) is 5. The van der Waals surface area contributed by atoms with Gasteiger partial charge in [0, 0.05) is 62.2 Å². The van der Waals surface area contributed by atoms with Gasteiger partial charge in [-0.05, 0) is 49.9 Å². The summed E-state index contributed by atoms with van der Waals surface area (Å²) in [6.07, 6.45) is 8.36. The van der Waals surface area contributed by atoms with Crippen molar-refractivity contribution in [3.05, 3.63) is 45.3 Å². The first-order valence-corrected chi connectivity index (χ1v) is 16.9. The maximum Gasteiger partial charge on any atom is 0.257 e. The first-order chi connectivity index (χ1) is 20.0. The van der Waals surface area contributed by atoms with Crippen molar-refractivity contribution in [1.29, 1.82) is 5.26 Å². The van der Waals surface area contributed by atoms with Crippen molar-refractivity contribution in [3.63, 3.8) is 0 Å². The van der Waals surface area contributed by atoms with Crippen LogP contribution >= 0.6 is 45.9 Å². The molecular weight excluding hydrogens is 595 g/mol. The van der Waals surface area contributed by atoms with Gasteiger partial charge in [-0.25, -0.2) is 4.98 Å². The number of nitriles is 1. The van der Waals surface area contributed by atoms with E-state index in [9.17, 15) is 10.1 Å². The lowest BCUT2D eigenvalue weighted by Crippen LogP contribution is -2.50. The first kappa shape index (κ1) is 28.8. The smallest absolute Gasteiger partial charge is 0.257 e. The zero-order chi connectivity index (χ0) is 28.3. The Balaban J connectivity index is 1.17. The maximum atomic E-state index is 13.3. The number of benzene rings is 1. The summed E-state index contributed by atoms with van der Waals surface area (Å²) in [4.78, 5) is 26.5. The van der Waals surface area contributed by atoms with Crippen molar-refractivity contribution in [2.45, 2.75) is 51.0 Å². The van der Waals surface area contributed by atoms with Crippen LogP contribution in [0, 0.1) is 17.2 Å². The topological polar surface area (TPSA) is 75.5 Å². The van der Waals surface area contributed by atoms with E-state index in [0.29, 0.717) is 20.7 Å². The summed E-state index contributed by atoms with van der Waals surface area (Å²) in [6.45, 7) is 5.56. The van der Waals surface area contributed by atoms with Crippen molar-refractivity contribution in [2.24, 2.45) is 5.92 Å². The monoisotopic (exact) mass is 628 g/mol. The molecule has 0 atom stereocenters. The van der Waals surface area contributed by atoms with Crippen molar-refractivity contribution >= 4 is 67.6 Å². The Morgan fingerprint density at radius 1 is 0.976 bits per heavy atom. The molecule has 1 saturated carbocycles. The second-order valence-corrected chi connectivity index (χ2v) is 13.9. The molecule has 2 aromatic heterocycles. The average Bonchev–Trinajstić information content (AvgIpc) is 3.63. The number of piperazine rings is 1. The number of hydrogen-bond acceptors (Lipinski definition) is 8. The quantitative estimate of drug-likeness (QED) is 0.302. The van der Waals surface area contributed by atoms with E-state index in [-0.39, 0.29) is 11.8 Å². The molecule has 216 valence electrons. The van der Waals surface area contributed by atoms with Crippen LogP contribution in [-0.2, 0) is 0 Å². The summed E-state index contributed by atoms with van der Waals surface area (Å²) in [5.41, 5.74) is 2.27. The van der Waals surface area contributed by atoms with Crippen LogP contribution in [0.15, 0.2) is 29.6 Å². The zero-order valence-corrected chi connectivity index (χ0v) is 26.1. The Morgan fingerprint density at radius 3 is 2.39 bits per heavy atom. The summed E-state index contributed by atoms with van der Waals surface area (Å²) < 4.78 is 0. The SMILES string of the molecule is N#CC1CCN(c2ccc(C(=O)Nc3nc(-c4cc(Cl)cs4)c(N4CCN(C5CCCCC5)CC4)s3)cc2Cl)CC1. The Kier molecular flexibility index (Phi) is 9.04. The van der Waals surface area contributed by atoms with Crippen molar-refractivity contribution in [1.82, 2.24) is 9.88 Å². The number of nitrogens with one attached hydrogen (secondary N) is 1. The highest BCUT2D eigenvalue weighted by molar-refractivity contribution is 7.21. The van der Waals surface area contributed by atoms with Crippen LogP contribution in [0.4, 0.5) is 15.8 Å². The third-order valence-corrected chi connectivity index (χ3v) is 11.2. The van der Waals surface area contributed by atoms with Crippen molar-refractivity contribution < 1.29 is 4.79 Å². The summed E-state index contributed by atoms with van der Waals surface area (Å²) in [5.74, 6) is -0.131. The molecule has 6 rings (SSSR count). The zero-order valence-electron chi connectivity index (χ0n) is 23.0. The molecule has 41 heavy (non-hydrogen) atoms. The molecule has 4 heterocycles. The van der Waals surface area contributed by atoms with E-state index < -0.39 is 0 Å². The number of halogens is 2. The van der Waals surface area contributed by atoms with Crippen LogP contribution in [0.3, 0.4) is 0 Å². The van der Waals surface area contributed by atoms with Gasteiger partial charge < -0.3 is 9.80 Å². The number of anilines is 3. The standard InChI is InChI=1S/C30H34Cl2N6OS2/c31-22-17-26(40-19-22)27-29(38-14-12-36(13-15-38)23-4-2-1-3-5-23)41-30(34-27)35-28(39)21-6-7-25(24(32)16-21)37-10-8-20(18-33)9-11-37/h6-7,16-17,19-20,23H,1-5,8-15H2,(H,34,35,39). The molecule has 0 spiro atoms. The molecule has 0 radical (unpaired) electrons. The Morgan fingerprint density at radius 2 is 1.73 bits per heavy atom. The summed E-state index contributed by atoms with van der Waals surface area (Å²) in [5, 5.41) is 17.0. The highest BCUT2D eigenvalue weighted by Crippen LogP contribution is 2.42. The molecule has 7 nitrogen and oxygen atoms in total. The number of carbonyl (C=O) groups excluding carboxylic acids is 1. The third kappa shape index (κ3) is 6.52. The number of piperidine rings is 1. The van der Waals surface area contributed by atoms with Crippen molar-refractivity contribution in [3.8, 4) is 16.6 Å². The lowest BCUT2D eigenvalue weighted by molar-refractivity contribution is 0.102. The second-order valence-electron chi connectivity index (χ2n) is 11.1. The molecule has 0 bridgehead atoms. The second kappa shape index (κ2) is 12.9. The third-order valence-electron chi connectivity index (χ3n) is 8.55. The molecule has 2 aliphatic heterocycles. The number of carbonyl (C=O) groups is 1. The molecule has 11 heteroatoms. The van der Waals surface area contributed by atoms with Gasteiger partial charge in [-0.2, -0.15) is 5.26 Å². The number of rotatable bonds is 6. The van der Waals surface area contributed by atoms with Gasteiger partial charge in [0.2, 0.25) is 0 Å². The number of thiophene rings is 1. The number of thiazole rings is 1. The van der Waals surface area contributed by atoms with Gasteiger partial charge in [-0.3, -0.25) is 15.0 Å². The maximum absolute atomic E-state index is 13.3. The van der Waals surface area contributed by atoms with E-state index in [4.69, 9.17) is 28.2 Å². The van der Waals surface area contributed by atoms with Gasteiger partial charge in [0.15, 0.2) is 5.13 Å². The summed E-state index contributed by atoms with van der Waals surface area (Å²) >= 11 is 16.0. The van der Waals surface area contributed by atoms with E-state index >= 15 is 0 Å². The normalized spacial score (nSPS) is 19.3. The fraction of sp³-hybridized carbons (Fsp3) is 0.500. The van der Waals surface area contributed by atoms with Gasteiger partial charge in [0.25, 0.3) is 5.91 Å². The minimum Gasteiger partial charge on any atom is -0.370 e. The van der Waals surface area contributed by atoms with E-state index in [1.165, 1.54) is 43.4 Å². The molecular formula is C30H34Cl2N6OS2. The molecule has 3 aromatic rings. The number of amides is 1. The average molecular weight is 630 g/mol. The van der Waals surface area contributed by atoms with Crippen LogP contribution < -0.4 is 15.1 Å². The highest BCUT2D eigenvalue weighted by atomic mass is 35.5. The minimum atomic E-state index is -0.236. The lowest BCUT2D eigenvalue weighted by Gasteiger charge is -2.41. The first-order valence-electron chi connectivity index (χ1n) is 14.5. The van der Waals surface area contributed by atoms with Gasteiger partial charge >= 0.3 is 0 Å². The predicted octanol–water partition coefficient (Wildman–Crippen LogP) is 7.63. The Hall–Kier alpha value is -2.35. The van der Waals surface area contributed by atoms with Crippen LogP contribution in [0.2, 0.25) is 10.0 Å². The number of aromatic nitrogens is 1. The van der Waals surface area contributed by atoms with Gasteiger partial charge in [-0.1, -0.05) is 53.8 Å². The van der Waals surface area contributed by atoms with Crippen LogP contribution in [0.25, 0.3) is 10.6 Å². The molecule has 1 aromatic carbocycles. The Labute approximate surface area is 259 Å². The molecule has 1 amide bonds. The molecule has 3 fully saturated rings. The van der Waals surface area contributed by atoms with Crippen LogP contribution in [0.1, 0.15) is 55.3 Å². The van der Waals surface area contributed by atoms with Crippen molar-refractivity contribution in [2.75, 3.05) is 54.4 Å². The lowest BCUT2D eigenvalue weighted by atomic mass is 9.94. The molecule has 1 aliphatic carbocycles. The molecule has 2 saturated heterocycles. The summed E-state index contributed by atoms with van der Waals surface area (Å²) in [7, 11) is 0. The predicted molar refractivity (Wildman–Crippen MR) is 171 cm³/mol. The molecule has 1 N–H and O–H groups in total. The van der Waals surface area contributed by atoms with Gasteiger partial charge in [0.05, 0.1) is 26.7 Å². The van der Waals surface area contributed by atoms with E-state index in [1.54, 1.807) is 17.4 Å². The largest absolute Gasteiger partial charge is 0.370 e. The number of hydrogen-bond donors (Lipinski definition) is 1.